The molecule has 0 bridgehead atoms. The predicted octanol–water partition coefficient (Wildman–Crippen LogP) is 5.25. The molecule has 0 spiro atoms. The van der Waals surface area contributed by atoms with E-state index in [1.807, 2.05) is 37.3 Å². The van der Waals surface area contributed by atoms with Gasteiger partial charge in [-0.2, -0.15) is 4.98 Å². The van der Waals surface area contributed by atoms with Crippen LogP contribution in [0.2, 0.25) is 0 Å². The minimum atomic E-state index is 0.436. The van der Waals surface area contributed by atoms with Crippen LogP contribution in [0.15, 0.2) is 59.3 Å². The lowest BCUT2D eigenvalue weighted by Gasteiger charge is -2.09. The van der Waals surface area contributed by atoms with E-state index in [0.717, 1.165) is 16.7 Å². The van der Waals surface area contributed by atoms with Crippen LogP contribution in [0, 0.1) is 6.92 Å². The molecule has 4 rings (SSSR count). The molecule has 0 unspecified atom stereocenters. The Kier molecular flexibility index (Phi) is 3.45. The van der Waals surface area contributed by atoms with Crippen LogP contribution >= 0.6 is 0 Å². The Morgan fingerprint density at radius 3 is 2.67 bits per heavy atom. The summed E-state index contributed by atoms with van der Waals surface area (Å²) < 4.78 is 7.73. The second-order valence-corrected chi connectivity index (χ2v) is 6.33. The van der Waals surface area contributed by atoms with Crippen LogP contribution in [0.25, 0.3) is 33.7 Å². The summed E-state index contributed by atoms with van der Waals surface area (Å²) in [6.45, 7) is 6.40. The molecule has 0 atom stereocenters. The third-order valence-corrected chi connectivity index (χ3v) is 4.34. The zero-order valence-corrected chi connectivity index (χ0v) is 14.0. The Balaban J connectivity index is 1.75. The Hall–Kier alpha value is -2.88. The maximum atomic E-state index is 5.48. The van der Waals surface area contributed by atoms with Gasteiger partial charge >= 0.3 is 0 Å². The monoisotopic (exact) mass is 317 g/mol. The second kappa shape index (κ2) is 5.64. The van der Waals surface area contributed by atoms with E-state index in [2.05, 4.69) is 53.0 Å². The normalized spacial score (nSPS) is 11.5. The summed E-state index contributed by atoms with van der Waals surface area (Å²) in [6, 6.07) is 16.9. The highest BCUT2D eigenvalue weighted by Gasteiger charge is 2.13. The summed E-state index contributed by atoms with van der Waals surface area (Å²) in [5, 5.41) is 5.34. The lowest BCUT2D eigenvalue weighted by Crippen LogP contribution is -1.97. The number of aryl methyl sites for hydroxylation is 1. The van der Waals surface area contributed by atoms with Crippen molar-refractivity contribution in [3.8, 4) is 22.8 Å². The zero-order chi connectivity index (χ0) is 16.7. The van der Waals surface area contributed by atoms with Crippen molar-refractivity contribution in [2.45, 2.75) is 26.8 Å². The van der Waals surface area contributed by atoms with Crippen molar-refractivity contribution >= 4 is 10.9 Å². The van der Waals surface area contributed by atoms with Gasteiger partial charge in [0.15, 0.2) is 0 Å². The van der Waals surface area contributed by atoms with Crippen molar-refractivity contribution in [2.24, 2.45) is 0 Å². The lowest BCUT2D eigenvalue weighted by molar-refractivity contribution is 0.432. The van der Waals surface area contributed by atoms with Gasteiger partial charge in [-0.15, -0.1) is 0 Å². The fraction of sp³-hybridized carbons (Fsp3) is 0.200. The smallest absolute Gasteiger partial charge is 0.258 e. The van der Waals surface area contributed by atoms with E-state index >= 15 is 0 Å². The van der Waals surface area contributed by atoms with Crippen LogP contribution < -0.4 is 0 Å². The standard InChI is InChI=1S/C20H19N3O/c1-13(2)23-11-10-15-12-16(8-9-18(15)23)19-21-20(24-22-19)17-7-5-4-6-14(17)3/h4-13H,1-3H3. The molecule has 0 aliphatic heterocycles. The van der Waals surface area contributed by atoms with E-state index in [0.29, 0.717) is 17.8 Å². The van der Waals surface area contributed by atoms with Crippen molar-refractivity contribution in [2.75, 3.05) is 0 Å². The van der Waals surface area contributed by atoms with E-state index in [4.69, 9.17) is 4.52 Å². The number of hydrogen-bond acceptors (Lipinski definition) is 3. The van der Waals surface area contributed by atoms with Crippen molar-refractivity contribution in [1.29, 1.82) is 0 Å². The maximum Gasteiger partial charge on any atom is 0.258 e. The molecule has 4 nitrogen and oxygen atoms in total. The molecule has 0 fully saturated rings. The molecule has 0 N–H and O–H groups in total. The van der Waals surface area contributed by atoms with Crippen LogP contribution in [0.5, 0.6) is 0 Å². The van der Waals surface area contributed by atoms with E-state index in [1.54, 1.807) is 0 Å². The molecule has 24 heavy (non-hydrogen) atoms. The highest BCUT2D eigenvalue weighted by Crippen LogP contribution is 2.28. The summed E-state index contributed by atoms with van der Waals surface area (Å²) in [5.74, 6) is 1.18. The molecule has 0 amide bonds. The van der Waals surface area contributed by atoms with E-state index < -0.39 is 0 Å². The summed E-state index contributed by atoms with van der Waals surface area (Å²) in [5.41, 5.74) is 4.28. The number of rotatable bonds is 3. The third-order valence-electron chi connectivity index (χ3n) is 4.34. The first-order valence-electron chi connectivity index (χ1n) is 8.14. The quantitative estimate of drug-likeness (QED) is 0.518. The van der Waals surface area contributed by atoms with Crippen molar-refractivity contribution in [3.05, 3.63) is 60.3 Å². The molecule has 2 aromatic heterocycles. The first-order valence-corrected chi connectivity index (χ1v) is 8.14. The lowest BCUT2D eigenvalue weighted by atomic mass is 10.1. The SMILES string of the molecule is Cc1ccccc1-c1nc(-c2ccc3c(ccn3C(C)C)c2)no1. The van der Waals surface area contributed by atoms with Crippen LogP contribution in [0.3, 0.4) is 0 Å². The number of hydrogen-bond donors (Lipinski definition) is 0. The van der Waals surface area contributed by atoms with Gasteiger partial charge in [0.1, 0.15) is 0 Å². The Bertz CT molecular complexity index is 1010. The zero-order valence-electron chi connectivity index (χ0n) is 14.0. The molecule has 120 valence electrons. The molecular weight excluding hydrogens is 298 g/mol. The summed E-state index contributed by atoms with van der Waals surface area (Å²) in [7, 11) is 0. The van der Waals surface area contributed by atoms with Gasteiger partial charge in [0, 0.05) is 34.3 Å². The highest BCUT2D eigenvalue weighted by atomic mass is 16.5. The van der Waals surface area contributed by atoms with E-state index in [9.17, 15) is 0 Å². The minimum Gasteiger partial charge on any atom is -0.345 e. The van der Waals surface area contributed by atoms with E-state index in [1.165, 1.54) is 10.9 Å². The molecule has 0 aliphatic carbocycles. The third kappa shape index (κ3) is 2.40. The van der Waals surface area contributed by atoms with Gasteiger partial charge in [0.2, 0.25) is 5.82 Å². The van der Waals surface area contributed by atoms with Crippen LogP contribution in [-0.4, -0.2) is 14.7 Å². The van der Waals surface area contributed by atoms with Gasteiger partial charge in [-0.3, -0.25) is 0 Å². The van der Waals surface area contributed by atoms with Crippen molar-refractivity contribution in [3.63, 3.8) is 0 Å². The molecule has 4 aromatic rings. The number of benzene rings is 2. The Morgan fingerprint density at radius 2 is 1.88 bits per heavy atom. The van der Waals surface area contributed by atoms with Gasteiger partial charge in [0.05, 0.1) is 0 Å². The molecular formula is C20H19N3O. The molecule has 0 radical (unpaired) electrons. The summed E-state index contributed by atoms with van der Waals surface area (Å²) in [4.78, 5) is 4.58. The average molecular weight is 317 g/mol. The fourth-order valence-electron chi connectivity index (χ4n) is 3.02. The second-order valence-electron chi connectivity index (χ2n) is 6.33. The van der Waals surface area contributed by atoms with Crippen LogP contribution in [0.4, 0.5) is 0 Å². The van der Waals surface area contributed by atoms with E-state index in [-0.39, 0.29) is 0 Å². The van der Waals surface area contributed by atoms with Gasteiger partial charge < -0.3 is 9.09 Å². The molecule has 0 aliphatic rings. The predicted molar refractivity (Wildman–Crippen MR) is 95.8 cm³/mol. The first-order chi connectivity index (χ1) is 11.6. The Morgan fingerprint density at radius 1 is 1.04 bits per heavy atom. The topological polar surface area (TPSA) is 43.9 Å². The maximum absolute atomic E-state index is 5.48. The number of fused-ring (bicyclic) bond motifs is 1. The van der Waals surface area contributed by atoms with Crippen LogP contribution in [-0.2, 0) is 0 Å². The van der Waals surface area contributed by atoms with Gasteiger partial charge in [-0.25, -0.2) is 0 Å². The summed E-state index contributed by atoms with van der Waals surface area (Å²) >= 11 is 0. The van der Waals surface area contributed by atoms with Crippen LogP contribution in [0.1, 0.15) is 25.5 Å². The van der Waals surface area contributed by atoms with Gasteiger partial charge in [0.25, 0.3) is 5.89 Å². The van der Waals surface area contributed by atoms with Crippen molar-refractivity contribution in [1.82, 2.24) is 14.7 Å². The number of aromatic nitrogens is 3. The molecule has 0 saturated carbocycles. The Labute approximate surface area is 140 Å². The summed E-state index contributed by atoms with van der Waals surface area (Å²) in [6.07, 6.45) is 2.12. The molecule has 2 heterocycles. The minimum absolute atomic E-state index is 0.436. The fourth-order valence-corrected chi connectivity index (χ4v) is 3.02. The molecule has 4 heteroatoms. The van der Waals surface area contributed by atoms with Gasteiger partial charge in [-0.05, 0) is 56.7 Å². The largest absolute Gasteiger partial charge is 0.345 e. The highest BCUT2D eigenvalue weighted by molar-refractivity contribution is 5.84. The van der Waals surface area contributed by atoms with Gasteiger partial charge in [-0.1, -0.05) is 23.4 Å². The molecule has 2 aromatic carbocycles. The molecule has 0 saturated heterocycles. The van der Waals surface area contributed by atoms with Crippen molar-refractivity contribution < 1.29 is 4.52 Å². The number of nitrogens with zero attached hydrogens (tertiary/aromatic N) is 3. The average Bonchev–Trinajstić information content (AvgIpc) is 3.21. The first kappa shape index (κ1) is 14.7.